The van der Waals surface area contributed by atoms with E-state index in [0.717, 1.165) is 47.5 Å². The van der Waals surface area contributed by atoms with Crippen molar-refractivity contribution in [1.82, 2.24) is 10.2 Å². The van der Waals surface area contributed by atoms with E-state index < -0.39 is 28.5 Å². The highest BCUT2D eigenvalue weighted by molar-refractivity contribution is 9.10. The number of anilines is 1. The Bertz CT molecular complexity index is 1480. The van der Waals surface area contributed by atoms with Crippen molar-refractivity contribution in [3.63, 3.8) is 0 Å². The second-order valence-corrected chi connectivity index (χ2v) is 13.4. The molecule has 10 heteroatoms. The molecule has 0 bridgehead atoms. The largest absolute Gasteiger partial charge is 0.496 e. The van der Waals surface area contributed by atoms with Crippen LogP contribution in [0.4, 0.5) is 5.69 Å². The van der Waals surface area contributed by atoms with Gasteiger partial charge in [0.25, 0.3) is 10.0 Å². The highest BCUT2D eigenvalue weighted by atomic mass is 79.9. The lowest BCUT2D eigenvalue weighted by atomic mass is 9.95. The van der Waals surface area contributed by atoms with Gasteiger partial charge in [-0.2, -0.15) is 0 Å². The van der Waals surface area contributed by atoms with Gasteiger partial charge in [-0.25, -0.2) is 8.42 Å². The number of methoxy groups -OCH3 is 1. The van der Waals surface area contributed by atoms with Crippen molar-refractivity contribution in [1.29, 1.82) is 0 Å². The van der Waals surface area contributed by atoms with Crippen LogP contribution in [0.2, 0.25) is 0 Å². The summed E-state index contributed by atoms with van der Waals surface area (Å²) in [5.41, 5.74) is 2.14. The number of sulfonamides is 1. The zero-order chi connectivity index (χ0) is 30.3. The molecule has 2 amide bonds. The van der Waals surface area contributed by atoms with E-state index >= 15 is 0 Å². The summed E-state index contributed by atoms with van der Waals surface area (Å²) in [6.45, 7) is 3.28. The van der Waals surface area contributed by atoms with Gasteiger partial charge in [0.2, 0.25) is 11.8 Å². The van der Waals surface area contributed by atoms with E-state index in [9.17, 15) is 18.0 Å². The van der Waals surface area contributed by atoms with Crippen LogP contribution in [0.5, 0.6) is 5.75 Å². The Morgan fingerprint density at radius 3 is 2.29 bits per heavy atom. The maximum atomic E-state index is 14.1. The third kappa shape index (κ3) is 7.72. The van der Waals surface area contributed by atoms with Gasteiger partial charge in [-0.15, -0.1) is 0 Å². The third-order valence-corrected chi connectivity index (χ3v) is 10.0. The molecule has 224 valence electrons. The zero-order valence-electron chi connectivity index (χ0n) is 24.3. The molecule has 1 fully saturated rings. The third-order valence-electron chi connectivity index (χ3n) is 7.63. The van der Waals surface area contributed by atoms with Gasteiger partial charge >= 0.3 is 0 Å². The van der Waals surface area contributed by atoms with Gasteiger partial charge in [-0.3, -0.25) is 13.9 Å². The number of hydrogen-bond acceptors (Lipinski definition) is 5. The van der Waals surface area contributed by atoms with E-state index in [1.807, 2.05) is 37.3 Å². The highest BCUT2D eigenvalue weighted by Crippen LogP contribution is 2.31. The molecule has 1 aliphatic rings. The van der Waals surface area contributed by atoms with Crippen LogP contribution in [-0.4, -0.2) is 50.9 Å². The van der Waals surface area contributed by atoms with E-state index in [0.29, 0.717) is 15.9 Å². The molecule has 0 heterocycles. The quantitative estimate of drug-likeness (QED) is 0.281. The topological polar surface area (TPSA) is 96.0 Å². The minimum Gasteiger partial charge on any atom is -0.496 e. The van der Waals surface area contributed by atoms with Gasteiger partial charge in [0.1, 0.15) is 18.3 Å². The molecular formula is C32H38BrN3O5S. The molecule has 3 aromatic carbocycles. The zero-order valence-corrected chi connectivity index (χ0v) is 26.7. The number of halogens is 1. The normalized spacial score (nSPS) is 14.6. The van der Waals surface area contributed by atoms with Gasteiger partial charge in [-0.1, -0.05) is 67.3 Å². The van der Waals surface area contributed by atoms with Crippen molar-refractivity contribution >= 4 is 43.5 Å². The first-order valence-electron chi connectivity index (χ1n) is 14.2. The number of nitrogens with zero attached hydrogens (tertiary/aromatic N) is 2. The Labute approximate surface area is 257 Å². The Morgan fingerprint density at radius 2 is 1.67 bits per heavy atom. The van der Waals surface area contributed by atoms with E-state index in [1.54, 1.807) is 37.3 Å². The van der Waals surface area contributed by atoms with Gasteiger partial charge in [0, 0.05) is 12.6 Å². The molecule has 0 radical (unpaired) electrons. The number of nitrogens with one attached hydrogen (secondary N) is 1. The van der Waals surface area contributed by atoms with Gasteiger partial charge in [0.05, 0.1) is 22.2 Å². The molecule has 1 saturated carbocycles. The van der Waals surface area contributed by atoms with Crippen molar-refractivity contribution in [3.05, 3.63) is 88.4 Å². The number of ether oxygens (including phenoxy) is 1. The van der Waals surface area contributed by atoms with Crippen LogP contribution in [-0.2, 0) is 26.2 Å². The molecule has 1 atom stereocenters. The number of carbonyl (C=O) groups excluding carboxylic acids is 2. The summed E-state index contributed by atoms with van der Waals surface area (Å²) in [7, 11) is -2.69. The molecule has 1 N–H and O–H groups in total. The molecule has 0 spiro atoms. The van der Waals surface area contributed by atoms with E-state index in [4.69, 9.17) is 4.74 Å². The molecule has 1 aliphatic carbocycles. The summed E-state index contributed by atoms with van der Waals surface area (Å²) in [6.07, 6.45) is 5.13. The maximum absolute atomic E-state index is 14.1. The molecule has 0 aromatic heterocycles. The molecule has 0 unspecified atom stereocenters. The van der Waals surface area contributed by atoms with Crippen molar-refractivity contribution in [2.45, 2.75) is 69.5 Å². The second-order valence-electron chi connectivity index (χ2n) is 10.7. The Morgan fingerprint density at radius 1 is 1.00 bits per heavy atom. The van der Waals surface area contributed by atoms with Crippen molar-refractivity contribution in [3.8, 4) is 5.75 Å². The van der Waals surface area contributed by atoms with Crippen molar-refractivity contribution in [2.24, 2.45) is 0 Å². The summed E-state index contributed by atoms with van der Waals surface area (Å²) >= 11 is 3.37. The average Bonchev–Trinajstić information content (AvgIpc) is 2.99. The lowest BCUT2D eigenvalue weighted by Gasteiger charge is -2.33. The molecule has 8 nitrogen and oxygen atoms in total. The standard InChI is InChI=1S/C32H38BrN3O5S/c1-23-14-16-27(17-15-23)36(42(39,40)28-18-19-30(41-3)29(33)20-28)22-31(37)35(21-25-10-6-4-7-11-25)24(2)32(38)34-26-12-8-5-9-13-26/h4,6-7,10-11,14-20,24,26H,5,8-9,12-13,21-22H2,1-3H3,(H,34,38)/t24-/m0/s1. The van der Waals surface area contributed by atoms with Crippen LogP contribution >= 0.6 is 15.9 Å². The van der Waals surface area contributed by atoms with Crippen LogP contribution in [0.15, 0.2) is 82.2 Å². The fourth-order valence-corrected chi connectivity index (χ4v) is 7.24. The summed E-state index contributed by atoms with van der Waals surface area (Å²) in [5.74, 6) is -0.240. The van der Waals surface area contributed by atoms with Crippen LogP contribution in [0.3, 0.4) is 0 Å². The van der Waals surface area contributed by atoms with Crippen molar-refractivity contribution < 1.29 is 22.7 Å². The van der Waals surface area contributed by atoms with Crippen LogP contribution in [0, 0.1) is 6.92 Å². The second kappa shape index (κ2) is 14.2. The Hall–Kier alpha value is -3.37. The summed E-state index contributed by atoms with van der Waals surface area (Å²) < 4.78 is 35.0. The lowest BCUT2D eigenvalue weighted by Crippen LogP contribution is -2.53. The first kappa shape index (κ1) is 31.6. The predicted octanol–water partition coefficient (Wildman–Crippen LogP) is 5.83. The van der Waals surface area contributed by atoms with E-state index in [1.165, 1.54) is 24.1 Å². The smallest absolute Gasteiger partial charge is 0.264 e. The lowest BCUT2D eigenvalue weighted by molar-refractivity contribution is -0.139. The maximum Gasteiger partial charge on any atom is 0.264 e. The summed E-state index contributed by atoms with van der Waals surface area (Å²) in [6, 6.07) is 20.1. The summed E-state index contributed by atoms with van der Waals surface area (Å²) in [4.78, 5) is 29.0. The molecule has 4 rings (SSSR count). The van der Waals surface area contributed by atoms with Crippen LogP contribution in [0.1, 0.15) is 50.2 Å². The van der Waals surface area contributed by atoms with E-state index in [-0.39, 0.29) is 23.4 Å². The monoisotopic (exact) mass is 655 g/mol. The summed E-state index contributed by atoms with van der Waals surface area (Å²) in [5, 5.41) is 3.12. The molecule has 0 saturated heterocycles. The van der Waals surface area contributed by atoms with Gasteiger partial charge in [-0.05, 0) is 78.5 Å². The fraction of sp³-hybridized carbons (Fsp3) is 0.375. The SMILES string of the molecule is COc1ccc(S(=O)(=O)N(CC(=O)N(Cc2ccccc2)[C@@H](C)C(=O)NC2CCCCC2)c2ccc(C)cc2)cc1Br. The number of aryl methyl sites for hydroxylation is 1. The van der Waals surface area contributed by atoms with Gasteiger partial charge < -0.3 is 15.0 Å². The molecule has 42 heavy (non-hydrogen) atoms. The molecule has 3 aromatic rings. The van der Waals surface area contributed by atoms with Crippen molar-refractivity contribution in [2.75, 3.05) is 18.0 Å². The Balaban J connectivity index is 1.68. The average molecular weight is 657 g/mol. The van der Waals surface area contributed by atoms with Crippen LogP contribution in [0.25, 0.3) is 0 Å². The number of carbonyl (C=O) groups is 2. The molecule has 0 aliphatic heterocycles. The number of rotatable bonds is 11. The number of hydrogen-bond donors (Lipinski definition) is 1. The first-order valence-corrected chi connectivity index (χ1v) is 16.4. The highest BCUT2D eigenvalue weighted by Gasteiger charge is 2.33. The number of amides is 2. The molecular weight excluding hydrogens is 618 g/mol. The predicted molar refractivity (Wildman–Crippen MR) is 168 cm³/mol. The van der Waals surface area contributed by atoms with Crippen LogP contribution < -0.4 is 14.4 Å². The Kier molecular flexibility index (Phi) is 10.7. The number of benzene rings is 3. The fourth-order valence-electron chi connectivity index (χ4n) is 5.11. The first-order chi connectivity index (χ1) is 20.1. The van der Waals surface area contributed by atoms with Gasteiger partial charge in [0.15, 0.2) is 0 Å². The minimum absolute atomic E-state index is 0.00116. The minimum atomic E-state index is -4.18. The van der Waals surface area contributed by atoms with E-state index in [2.05, 4.69) is 21.2 Å².